The zero-order chi connectivity index (χ0) is 14.7. The van der Waals surface area contributed by atoms with Gasteiger partial charge in [-0.25, -0.2) is 0 Å². The minimum atomic E-state index is 0.315. The van der Waals surface area contributed by atoms with Crippen molar-refractivity contribution < 1.29 is 5.11 Å². The van der Waals surface area contributed by atoms with E-state index < -0.39 is 0 Å². The molecule has 0 amide bonds. The third kappa shape index (κ3) is 3.36. The molecule has 3 rings (SSSR count). The molecule has 3 nitrogen and oxygen atoms in total. The summed E-state index contributed by atoms with van der Waals surface area (Å²) >= 11 is 6.05. The monoisotopic (exact) mass is 302 g/mol. The Hall–Kier alpha value is -1.58. The van der Waals surface area contributed by atoms with Crippen LogP contribution >= 0.6 is 11.6 Å². The maximum Gasteiger partial charge on any atom is 0.120 e. The van der Waals surface area contributed by atoms with Crippen LogP contribution in [0.2, 0.25) is 5.02 Å². The number of aromatic hydroxyl groups is 1. The number of benzene rings is 1. The lowest BCUT2D eigenvalue weighted by atomic mass is 9.95. The third-order valence-electron chi connectivity index (χ3n) is 4.10. The number of hydrogen-bond donors (Lipinski definition) is 1. The summed E-state index contributed by atoms with van der Waals surface area (Å²) in [4.78, 5) is 6.64. The Bertz CT molecular complexity index is 603. The van der Waals surface area contributed by atoms with E-state index in [2.05, 4.69) is 16.0 Å². The maximum atomic E-state index is 10.0. The fourth-order valence-corrected chi connectivity index (χ4v) is 3.23. The topological polar surface area (TPSA) is 36.4 Å². The van der Waals surface area contributed by atoms with Gasteiger partial charge in [0.2, 0.25) is 0 Å². The molecule has 2 heterocycles. The van der Waals surface area contributed by atoms with Gasteiger partial charge < -0.3 is 5.11 Å². The van der Waals surface area contributed by atoms with Crippen LogP contribution in [-0.2, 0) is 6.54 Å². The van der Waals surface area contributed by atoms with Crippen LogP contribution in [-0.4, -0.2) is 21.5 Å². The van der Waals surface area contributed by atoms with E-state index in [-0.39, 0.29) is 0 Å². The van der Waals surface area contributed by atoms with Crippen LogP contribution in [0, 0.1) is 0 Å². The molecule has 2 aromatic rings. The Morgan fingerprint density at radius 3 is 3.00 bits per heavy atom. The fourth-order valence-electron chi connectivity index (χ4n) is 3.03. The fraction of sp³-hybridized carbons (Fsp3) is 0.353. The van der Waals surface area contributed by atoms with Crippen molar-refractivity contribution in [2.45, 2.75) is 31.8 Å². The molecule has 4 heteroatoms. The van der Waals surface area contributed by atoms with Gasteiger partial charge in [0.25, 0.3) is 0 Å². The van der Waals surface area contributed by atoms with E-state index in [0.717, 1.165) is 18.5 Å². The lowest BCUT2D eigenvalue weighted by molar-refractivity contribution is 0.139. The van der Waals surface area contributed by atoms with Crippen molar-refractivity contribution in [3.63, 3.8) is 0 Å². The highest BCUT2D eigenvalue weighted by molar-refractivity contribution is 6.30. The molecule has 0 radical (unpaired) electrons. The molecular weight excluding hydrogens is 284 g/mol. The van der Waals surface area contributed by atoms with Gasteiger partial charge in [-0.3, -0.25) is 9.88 Å². The molecule has 1 saturated heterocycles. The number of halogens is 1. The Balaban J connectivity index is 1.83. The van der Waals surface area contributed by atoms with Crippen LogP contribution in [0.25, 0.3) is 0 Å². The van der Waals surface area contributed by atoms with Gasteiger partial charge >= 0.3 is 0 Å². The number of rotatable bonds is 3. The lowest BCUT2D eigenvalue weighted by Crippen LogP contribution is -2.33. The van der Waals surface area contributed by atoms with E-state index in [0.29, 0.717) is 23.4 Å². The number of pyridine rings is 1. The molecule has 0 aliphatic carbocycles. The molecule has 0 spiro atoms. The summed E-state index contributed by atoms with van der Waals surface area (Å²) in [6.07, 6.45) is 7.31. The first kappa shape index (κ1) is 14.4. The van der Waals surface area contributed by atoms with Crippen molar-refractivity contribution in [2.75, 3.05) is 6.54 Å². The van der Waals surface area contributed by atoms with Crippen molar-refractivity contribution in [1.82, 2.24) is 9.88 Å². The molecule has 1 aliphatic heterocycles. The number of hydrogen-bond acceptors (Lipinski definition) is 3. The van der Waals surface area contributed by atoms with Gasteiger partial charge in [0.15, 0.2) is 0 Å². The van der Waals surface area contributed by atoms with Crippen LogP contribution in [0.5, 0.6) is 5.75 Å². The Morgan fingerprint density at radius 2 is 2.19 bits per heavy atom. The summed E-state index contributed by atoms with van der Waals surface area (Å²) in [5.74, 6) is 0.315. The number of phenols is 1. The van der Waals surface area contributed by atoms with Gasteiger partial charge in [-0.1, -0.05) is 24.1 Å². The first-order valence-electron chi connectivity index (χ1n) is 7.35. The normalized spacial score (nSPS) is 19.6. The zero-order valence-electron chi connectivity index (χ0n) is 11.9. The summed E-state index contributed by atoms with van der Waals surface area (Å²) in [6.45, 7) is 1.75. The predicted octanol–water partition coefficient (Wildman–Crippen LogP) is 4.17. The zero-order valence-corrected chi connectivity index (χ0v) is 12.6. The molecule has 110 valence electrons. The van der Waals surface area contributed by atoms with Crippen molar-refractivity contribution in [2.24, 2.45) is 0 Å². The van der Waals surface area contributed by atoms with Crippen LogP contribution in [0.15, 0.2) is 42.7 Å². The van der Waals surface area contributed by atoms with Crippen LogP contribution in [0.3, 0.4) is 0 Å². The van der Waals surface area contributed by atoms with Gasteiger partial charge in [-0.2, -0.15) is 0 Å². The van der Waals surface area contributed by atoms with E-state index in [1.54, 1.807) is 18.3 Å². The average Bonchev–Trinajstić information content (AvgIpc) is 2.52. The largest absolute Gasteiger partial charge is 0.508 e. The molecular formula is C17H19ClN2O. The van der Waals surface area contributed by atoms with Crippen molar-refractivity contribution >= 4 is 11.6 Å². The minimum Gasteiger partial charge on any atom is -0.508 e. The second-order valence-electron chi connectivity index (χ2n) is 5.54. The molecule has 1 aromatic carbocycles. The van der Waals surface area contributed by atoms with E-state index >= 15 is 0 Å². The Kier molecular flexibility index (Phi) is 4.42. The van der Waals surface area contributed by atoms with Gasteiger partial charge in [0, 0.05) is 35.6 Å². The molecule has 1 atom stereocenters. The summed E-state index contributed by atoms with van der Waals surface area (Å²) in [5, 5.41) is 10.7. The SMILES string of the molecule is Oc1ccc(Cl)cc1CN1CCCC[C@@H]1c1cccnc1. The van der Waals surface area contributed by atoms with Gasteiger partial charge in [-0.15, -0.1) is 0 Å². The van der Waals surface area contributed by atoms with E-state index in [1.165, 1.54) is 18.4 Å². The number of aromatic nitrogens is 1. The maximum absolute atomic E-state index is 10.0. The highest BCUT2D eigenvalue weighted by Gasteiger charge is 2.24. The van der Waals surface area contributed by atoms with E-state index in [9.17, 15) is 5.11 Å². The predicted molar refractivity (Wildman–Crippen MR) is 84.4 cm³/mol. The molecule has 1 aromatic heterocycles. The van der Waals surface area contributed by atoms with Crippen molar-refractivity contribution in [1.29, 1.82) is 0 Å². The number of nitrogens with zero attached hydrogens (tertiary/aromatic N) is 2. The molecule has 1 N–H and O–H groups in total. The Labute approximate surface area is 130 Å². The van der Waals surface area contributed by atoms with Crippen LogP contribution < -0.4 is 0 Å². The highest BCUT2D eigenvalue weighted by atomic mass is 35.5. The molecule has 1 aliphatic rings. The smallest absolute Gasteiger partial charge is 0.120 e. The molecule has 0 bridgehead atoms. The third-order valence-corrected chi connectivity index (χ3v) is 4.33. The summed E-state index contributed by atoms with van der Waals surface area (Å²) in [5.41, 5.74) is 2.14. The molecule has 0 unspecified atom stereocenters. The second-order valence-corrected chi connectivity index (χ2v) is 5.98. The average molecular weight is 303 g/mol. The van der Waals surface area contributed by atoms with Gasteiger partial charge in [0.1, 0.15) is 5.75 Å². The van der Waals surface area contributed by atoms with Gasteiger partial charge in [0.05, 0.1) is 0 Å². The Morgan fingerprint density at radius 1 is 1.29 bits per heavy atom. The first-order chi connectivity index (χ1) is 10.2. The highest BCUT2D eigenvalue weighted by Crippen LogP contribution is 2.33. The summed E-state index contributed by atoms with van der Waals surface area (Å²) in [6, 6.07) is 9.72. The summed E-state index contributed by atoms with van der Waals surface area (Å²) < 4.78 is 0. The molecule has 0 saturated carbocycles. The molecule has 21 heavy (non-hydrogen) atoms. The quantitative estimate of drug-likeness (QED) is 0.924. The van der Waals surface area contributed by atoms with E-state index in [1.807, 2.05) is 18.3 Å². The van der Waals surface area contributed by atoms with Crippen LogP contribution in [0.1, 0.15) is 36.4 Å². The summed E-state index contributed by atoms with van der Waals surface area (Å²) in [7, 11) is 0. The van der Waals surface area contributed by atoms with Crippen LogP contribution in [0.4, 0.5) is 0 Å². The number of likely N-dealkylation sites (tertiary alicyclic amines) is 1. The second kappa shape index (κ2) is 6.46. The number of phenolic OH excluding ortho intramolecular Hbond substituents is 1. The minimum absolute atomic E-state index is 0.315. The lowest BCUT2D eigenvalue weighted by Gasteiger charge is -2.36. The number of piperidine rings is 1. The molecule has 1 fully saturated rings. The van der Waals surface area contributed by atoms with Crippen molar-refractivity contribution in [3.8, 4) is 5.75 Å². The first-order valence-corrected chi connectivity index (χ1v) is 7.73. The standard InChI is InChI=1S/C17H19ClN2O/c18-15-6-7-17(21)14(10-15)12-20-9-2-1-5-16(20)13-4-3-8-19-11-13/h3-4,6-8,10-11,16,21H,1-2,5,9,12H2/t16-/m1/s1. The van der Waals surface area contributed by atoms with Crippen molar-refractivity contribution in [3.05, 3.63) is 58.9 Å². The van der Waals surface area contributed by atoms with Gasteiger partial charge in [-0.05, 0) is 49.2 Å². The van der Waals surface area contributed by atoms with E-state index in [4.69, 9.17) is 11.6 Å².